The van der Waals surface area contributed by atoms with Crippen molar-refractivity contribution in [2.75, 3.05) is 19.6 Å². The van der Waals surface area contributed by atoms with Crippen LogP contribution in [-0.4, -0.2) is 35.2 Å². The van der Waals surface area contributed by atoms with Gasteiger partial charge < -0.3 is 10.0 Å². The van der Waals surface area contributed by atoms with Crippen molar-refractivity contribution in [2.24, 2.45) is 0 Å². The number of rotatable bonds is 4. The van der Waals surface area contributed by atoms with Gasteiger partial charge in [-0.25, -0.2) is 0 Å². The van der Waals surface area contributed by atoms with Crippen LogP contribution in [0.15, 0.2) is 18.2 Å². The number of aryl methyl sites for hydroxylation is 2. The molecule has 0 amide bonds. The van der Waals surface area contributed by atoms with Crippen LogP contribution in [0.4, 0.5) is 0 Å². The first kappa shape index (κ1) is 15.5. The van der Waals surface area contributed by atoms with Gasteiger partial charge in [0.15, 0.2) is 0 Å². The third kappa shape index (κ3) is 3.83. The van der Waals surface area contributed by atoms with Crippen molar-refractivity contribution in [1.82, 2.24) is 4.90 Å². The summed E-state index contributed by atoms with van der Waals surface area (Å²) in [6.07, 6.45) is 4.96. The zero-order valence-electron chi connectivity index (χ0n) is 13.3. The second-order valence-corrected chi connectivity index (χ2v) is 6.47. The van der Waals surface area contributed by atoms with Crippen LogP contribution in [-0.2, 0) is 6.42 Å². The Morgan fingerprint density at radius 1 is 1.15 bits per heavy atom. The van der Waals surface area contributed by atoms with E-state index in [1.54, 1.807) is 0 Å². The van der Waals surface area contributed by atoms with Crippen molar-refractivity contribution in [3.05, 3.63) is 34.9 Å². The normalized spacial score (nSPS) is 24.6. The first-order valence-corrected chi connectivity index (χ1v) is 8.04. The molecule has 1 saturated heterocycles. The molecule has 0 radical (unpaired) electrons. The van der Waals surface area contributed by atoms with Crippen molar-refractivity contribution in [1.29, 1.82) is 0 Å². The molecule has 0 spiro atoms. The highest BCUT2D eigenvalue weighted by Crippen LogP contribution is 2.29. The van der Waals surface area contributed by atoms with Crippen LogP contribution in [0.25, 0.3) is 0 Å². The van der Waals surface area contributed by atoms with E-state index in [0.29, 0.717) is 0 Å². The fourth-order valence-corrected chi connectivity index (χ4v) is 3.41. The molecule has 2 rings (SSSR count). The maximum absolute atomic E-state index is 11.0. The Bertz CT molecular complexity index is 423. The molecule has 0 aromatic heterocycles. The third-order valence-corrected chi connectivity index (χ3v) is 4.70. The molecule has 1 aliphatic rings. The highest BCUT2D eigenvalue weighted by molar-refractivity contribution is 5.34. The molecule has 1 atom stereocenters. The molecular weight excluding hydrogens is 246 g/mol. The van der Waals surface area contributed by atoms with Crippen LogP contribution in [0, 0.1) is 13.8 Å². The minimum Gasteiger partial charge on any atom is -0.389 e. The molecule has 1 unspecified atom stereocenters. The van der Waals surface area contributed by atoms with Crippen molar-refractivity contribution in [2.45, 2.75) is 58.5 Å². The van der Waals surface area contributed by atoms with Gasteiger partial charge in [0.1, 0.15) is 0 Å². The van der Waals surface area contributed by atoms with E-state index in [4.69, 9.17) is 0 Å². The number of likely N-dealkylation sites (tertiary alicyclic amines) is 1. The van der Waals surface area contributed by atoms with Gasteiger partial charge in [-0.05, 0) is 69.3 Å². The van der Waals surface area contributed by atoms with E-state index < -0.39 is 5.60 Å². The highest BCUT2D eigenvalue weighted by Gasteiger charge is 2.30. The minimum absolute atomic E-state index is 0.515. The Morgan fingerprint density at radius 2 is 1.85 bits per heavy atom. The van der Waals surface area contributed by atoms with Gasteiger partial charge in [0.2, 0.25) is 0 Å². The van der Waals surface area contributed by atoms with Gasteiger partial charge in [-0.3, -0.25) is 0 Å². The topological polar surface area (TPSA) is 23.5 Å². The number of nitrogens with zero attached hydrogens (tertiary/aromatic N) is 1. The summed E-state index contributed by atoms with van der Waals surface area (Å²) in [6, 6.07) is 6.42. The quantitative estimate of drug-likeness (QED) is 0.909. The molecule has 112 valence electrons. The van der Waals surface area contributed by atoms with Crippen LogP contribution in [0.1, 0.15) is 49.3 Å². The molecule has 0 aliphatic carbocycles. The van der Waals surface area contributed by atoms with Gasteiger partial charge in [-0.1, -0.05) is 25.1 Å². The van der Waals surface area contributed by atoms with Gasteiger partial charge >= 0.3 is 0 Å². The maximum Gasteiger partial charge on any atom is 0.0700 e. The van der Waals surface area contributed by atoms with Gasteiger partial charge in [0, 0.05) is 13.0 Å². The summed E-state index contributed by atoms with van der Waals surface area (Å²) in [5.74, 6) is 0. The predicted octanol–water partition coefficient (Wildman–Crippen LogP) is 3.47. The fourth-order valence-electron chi connectivity index (χ4n) is 3.41. The smallest absolute Gasteiger partial charge is 0.0700 e. The Morgan fingerprint density at radius 3 is 2.50 bits per heavy atom. The van der Waals surface area contributed by atoms with E-state index in [2.05, 4.69) is 43.9 Å². The first-order valence-electron chi connectivity index (χ1n) is 8.04. The zero-order valence-corrected chi connectivity index (χ0v) is 13.3. The number of hydrogen-bond donors (Lipinski definition) is 1. The molecule has 1 fully saturated rings. The standard InChI is InChI=1S/C18H29NO/c1-4-11-19-12-6-9-18(20,10-13-19)14-17-15(2)7-5-8-16(17)3/h5,7-8,20H,4,6,9-14H2,1-3H3. The van der Waals surface area contributed by atoms with Crippen molar-refractivity contribution in [3.63, 3.8) is 0 Å². The van der Waals surface area contributed by atoms with Crippen molar-refractivity contribution < 1.29 is 5.11 Å². The van der Waals surface area contributed by atoms with E-state index in [0.717, 1.165) is 38.8 Å². The van der Waals surface area contributed by atoms with E-state index in [9.17, 15) is 5.11 Å². The molecule has 20 heavy (non-hydrogen) atoms. The molecule has 0 saturated carbocycles. The molecule has 1 aromatic carbocycles. The molecular formula is C18H29NO. The Labute approximate surface area is 123 Å². The lowest BCUT2D eigenvalue weighted by molar-refractivity contribution is 0.0254. The van der Waals surface area contributed by atoms with Crippen molar-refractivity contribution >= 4 is 0 Å². The second kappa shape index (κ2) is 6.73. The SMILES string of the molecule is CCCN1CCCC(O)(Cc2c(C)cccc2C)CC1. The Hall–Kier alpha value is -0.860. The minimum atomic E-state index is -0.515. The van der Waals surface area contributed by atoms with E-state index in [1.165, 1.54) is 29.7 Å². The lowest BCUT2D eigenvalue weighted by Crippen LogP contribution is -2.34. The van der Waals surface area contributed by atoms with Crippen molar-refractivity contribution in [3.8, 4) is 0 Å². The van der Waals surface area contributed by atoms with E-state index >= 15 is 0 Å². The van der Waals surface area contributed by atoms with Crippen LogP contribution in [0.3, 0.4) is 0 Å². The molecule has 1 aromatic rings. The molecule has 1 N–H and O–H groups in total. The van der Waals surface area contributed by atoms with Gasteiger partial charge in [0.25, 0.3) is 0 Å². The van der Waals surface area contributed by atoms with Crippen LogP contribution < -0.4 is 0 Å². The fraction of sp³-hybridized carbons (Fsp3) is 0.667. The van der Waals surface area contributed by atoms with Crippen LogP contribution in [0.5, 0.6) is 0 Å². The van der Waals surface area contributed by atoms with Gasteiger partial charge in [-0.15, -0.1) is 0 Å². The van der Waals surface area contributed by atoms with Gasteiger partial charge in [0.05, 0.1) is 5.60 Å². The Kier molecular flexibility index (Phi) is 5.22. The number of hydrogen-bond acceptors (Lipinski definition) is 2. The molecule has 2 nitrogen and oxygen atoms in total. The summed E-state index contributed by atoms with van der Waals surface area (Å²) in [5, 5.41) is 11.0. The summed E-state index contributed by atoms with van der Waals surface area (Å²) >= 11 is 0. The lowest BCUT2D eigenvalue weighted by Gasteiger charge is -2.28. The van der Waals surface area contributed by atoms with Crippen LogP contribution >= 0.6 is 0 Å². The summed E-state index contributed by atoms with van der Waals surface area (Å²) in [7, 11) is 0. The Balaban J connectivity index is 2.07. The van der Waals surface area contributed by atoms with E-state index in [-0.39, 0.29) is 0 Å². The summed E-state index contributed by atoms with van der Waals surface area (Å²) in [5.41, 5.74) is 3.46. The molecule has 2 heteroatoms. The van der Waals surface area contributed by atoms with Crippen LogP contribution in [0.2, 0.25) is 0 Å². The zero-order chi connectivity index (χ0) is 14.6. The molecule has 0 bridgehead atoms. The molecule has 1 heterocycles. The third-order valence-electron chi connectivity index (χ3n) is 4.70. The summed E-state index contributed by atoms with van der Waals surface area (Å²) in [4.78, 5) is 2.50. The predicted molar refractivity (Wildman–Crippen MR) is 85.2 cm³/mol. The number of benzene rings is 1. The summed E-state index contributed by atoms with van der Waals surface area (Å²) < 4.78 is 0. The van der Waals surface area contributed by atoms with E-state index in [1.807, 2.05) is 0 Å². The first-order chi connectivity index (χ1) is 9.54. The summed E-state index contributed by atoms with van der Waals surface area (Å²) in [6.45, 7) is 9.89. The largest absolute Gasteiger partial charge is 0.389 e. The monoisotopic (exact) mass is 275 g/mol. The van der Waals surface area contributed by atoms with Gasteiger partial charge in [-0.2, -0.15) is 0 Å². The average molecular weight is 275 g/mol. The number of aliphatic hydroxyl groups is 1. The average Bonchev–Trinajstić information content (AvgIpc) is 2.58. The lowest BCUT2D eigenvalue weighted by atomic mass is 9.84. The molecule has 1 aliphatic heterocycles. The highest BCUT2D eigenvalue weighted by atomic mass is 16.3. The maximum atomic E-state index is 11.0. The second-order valence-electron chi connectivity index (χ2n) is 6.47.